The van der Waals surface area contributed by atoms with Crippen molar-refractivity contribution < 1.29 is 0 Å². The van der Waals surface area contributed by atoms with Crippen LogP contribution in [0.15, 0.2) is 28.9 Å². The van der Waals surface area contributed by atoms with Crippen LogP contribution in [0.5, 0.6) is 0 Å². The predicted molar refractivity (Wildman–Crippen MR) is 70.5 cm³/mol. The van der Waals surface area contributed by atoms with E-state index in [1.807, 2.05) is 0 Å². The second-order valence-electron chi connectivity index (χ2n) is 4.98. The molecule has 2 aromatic rings. The molecule has 1 aromatic heterocycles. The predicted octanol–water partition coefficient (Wildman–Crippen LogP) is 2.97. The van der Waals surface area contributed by atoms with E-state index in [9.17, 15) is 0 Å². The first kappa shape index (κ1) is 10.4. The molecule has 84 valence electrons. The number of nitrogens with two attached hydrogens (primary N) is 1. The lowest BCUT2D eigenvalue weighted by Crippen LogP contribution is -2.24. The highest BCUT2D eigenvalue weighted by Crippen LogP contribution is 2.36. The van der Waals surface area contributed by atoms with Crippen LogP contribution >= 0.6 is 15.9 Å². The fourth-order valence-corrected chi connectivity index (χ4v) is 2.87. The SMILES string of the molecule is Cn1cc(Br)c2cc(CC3(N)CC3)ccc21. The topological polar surface area (TPSA) is 30.9 Å². The fraction of sp³-hybridized carbons (Fsp3) is 0.385. The van der Waals surface area contributed by atoms with Crippen molar-refractivity contribution in [1.29, 1.82) is 0 Å². The zero-order chi connectivity index (χ0) is 11.3. The highest BCUT2D eigenvalue weighted by molar-refractivity contribution is 9.10. The van der Waals surface area contributed by atoms with Gasteiger partial charge < -0.3 is 10.3 Å². The molecule has 3 rings (SSSR count). The lowest BCUT2D eigenvalue weighted by Gasteiger charge is -2.08. The van der Waals surface area contributed by atoms with Gasteiger partial charge in [-0.1, -0.05) is 6.07 Å². The number of rotatable bonds is 2. The quantitative estimate of drug-likeness (QED) is 0.900. The molecule has 1 fully saturated rings. The van der Waals surface area contributed by atoms with Crippen LogP contribution in [0, 0.1) is 0 Å². The first-order valence-corrected chi connectivity index (χ1v) is 6.39. The van der Waals surface area contributed by atoms with Gasteiger partial charge in [0.2, 0.25) is 0 Å². The molecule has 0 aliphatic heterocycles. The summed E-state index contributed by atoms with van der Waals surface area (Å²) in [6, 6.07) is 6.63. The Morgan fingerprint density at radius 1 is 1.44 bits per heavy atom. The fourth-order valence-electron chi connectivity index (χ4n) is 2.24. The van der Waals surface area contributed by atoms with Gasteiger partial charge >= 0.3 is 0 Å². The van der Waals surface area contributed by atoms with Crippen LogP contribution in [0.1, 0.15) is 18.4 Å². The molecule has 2 N–H and O–H groups in total. The van der Waals surface area contributed by atoms with Crippen LogP contribution in [0.4, 0.5) is 0 Å². The Morgan fingerprint density at radius 2 is 2.19 bits per heavy atom. The summed E-state index contributed by atoms with van der Waals surface area (Å²) in [5, 5.41) is 1.28. The molecule has 0 spiro atoms. The molecule has 1 saturated carbocycles. The van der Waals surface area contributed by atoms with Crippen molar-refractivity contribution in [1.82, 2.24) is 4.57 Å². The molecular weight excluding hydrogens is 264 g/mol. The van der Waals surface area contributed by atoms with Crippen molar-refractivity contribution in [2.75, 3.05) is 0 Å². The van der Waals surface area contributed by atoms with E-state index in [0.29, 0.717) is 0 Å². The zero-order valence-electron chi connectivity index (χ0n) is 9.33. The molecule has 0 radical (unpaired) electrons. The Labute approximate surface area is 104 Å². The van der Waals surface area contributed by atoms with Gasteiger partial charge in [-0.3, -0.25) is 0 Å². The number of hydrogen-bond donors (Lipinski definition) is 1. The van der Waals surface area contributed by atoms with E-state index in [-0.39, 0.29) is 5.54 Å². The molecule has 16 heavy (non-hydrogen) atoms. The van der Waals surface area contributed by atoms with Crippen LogP contribution < -0.4 is 5.73 Å². The number of hydrogen-bond acceptors (Lipinski definition) is 1. The number of aryl methyl sites for hydroxylation is 1. The summed E-state index contributed by atoms with van der Waals surface area (Å²) in [6.07, 6.45) is 5.44. The molecule has 0 amide bonds. The van der Waals surface area contributed by atoms with Crippen molar-refractivity contribution in [2.24, 2.45) is 12.8 Å². The highest BCUT2D eigenvalue weighted by Gasteiger charge is 2.37. The molecular formula is C13H15BrN2. The van der Waals surface area contributed by atoms with Crippen molar-refractivity contribution in [3.8, 4) is 0 Å². The number of nitrogens with zero attached hydrogens (tertiary/aromatic N) is 1. The van der Waals surface area contributed by atoms with Crippen LogP contribution in [-0.2, 0) is 13.5 Å². The molecule has 1 aliphatic rings. The lowest BCUT2D eigenvalue weighted by atomic mass is 10.0. The normalized spacial score (nSPS) is 17.9. The molecule has 3 heteroatoms. The first-order chi connectivity index (χ1) is 7.57. The Hall–Kier alpha value is -0.800. The third kappa shape index (κ3) is 1.68. The minimum Gasteiger partial charge on any atom is -0.349 e. The maximum atomic E-state index is 6.15. The summed E-state index contributed by atoms with van der Waals surface area (Å²) < 4.78 is 3.30. The Morgan fingerprint density at radius 3 is 2.88 bits per heavy atom. The van der Waals surface area contributed by atoms with Crippen LogP contribution in [0.2, 0.25) is 0 Å². The summed E-state index contributed by atoms with van der Waals surface area (Å²) >= 11 is 3.60. The van der Waals surface area contributed by atoms with Gasteiger partial charge in [0.15, 0.2) is 0 Å². The van der Waals surface area contributed by atoms with E-state index in [1.54, 1.807) is 0 Å². The second kappa shape index (κ2) is 3.34. The number of halogens is 1. The van der Waals surface area contributed by atoms with Crippen molar-refractivity contribution in [2.45, 2.75) is 24.8 Å². The van der Waals surface area contributed by atoms with Crippen LogP contribution in [-0.4, -0.2) is 10.1 Å². The summed E-state index contributed by atoms with van der Waals surface area (Å²) in [5.74, 6) is 0. The third-order valence-electron chi connectivity index (χ3n) is 3.45. The van der Waals surface area contributed by atoms with Gasteiger partial charge in [-0.25, -0.2) is 0 Å². The van der Waals surface area contributed by atoms with E-state index < -0.39 is 0 Å². The first-order valence-electron chi connectivity index (χ1n) is 5.60. The van der Waals surface area contributed by atoms with Crippen molar-refractivity contribution in [3.05, 3.63) is 34.4 Å². The van der Waals surface area contributed by atoms with Gasteiger partial charge in [-0.15, -0.1) is 0 Å². The van der Waals surface area contributed by atoms with Crippen molar-refractivity contribution >= 4 is 26.8 Å². The summed E-state index contributed by atoms with van der Waals surface area (Å²) in [4.78, 5) is 0. The summed E-state index contributed by atoms with van der Waals surface area (Å²) in [7, 11) is 2.07. The van der Waals surface area contributed by atoms with Gasteiger partial charge in [0.05, 0.1) is 0 Å². The van der Waals surface area contributed by atoms with E-state index in [2.05, 4.69) is 51.9 Å². The number of benzene rings is 1. The van der Waals surface area contributed by atoms with Gasteiger partial charge in [-0.2, -0.15) is 0 Å². The van der Waals surface area contributed by atoms with Gasteiger partial charge in [0, 0.05) is 34.2 Å². The molecule has 0 bridgehead atoms. The zero-order valence-corrected chi connectivity index (χ0v) is 10.9. The number of fused-ring (bicyclic) bond motifs is 1. The molecule has 1 heterocycles. The third-order valence-corrected chi connectivity index (χ3v) is 4.09. The lowest BCUT2D eigenvalue weighted by molar-refractivity contribution is 0.672. The maximum Gasteiger partial charge on any atom is 0.0489 e. The average Bonchev–Trinajstić information content (AvgIpc) is 2.88. The van der Waals surface area contributed by atoms with E-state index >= 15 is 0 Å². The summed E-state index contributed by atoms with van der Waals surface area (Å²) in [6.45, 7) is 0. The monoisotopic (exact) mass is 278 g/mol. The molecule has 2 nitrogen and oxygen atoms in total. The number of aromatic nitrogens is 1. The molecule has 0 atom stereocenters. The van der Waals surface area contributed by atoms with Gasteiger partial charge in [0.25, 0.3) is 0 Å². The van der Waals surface area contributed by atoms with E-state index in [0.717, 1.165) is 10.9 Å². The Bertz CT molecular complexity index is 552. The molecule has 0 saturated heterocycles. The Balaban J connectivity index is 2.04. The van der Waals surface area contributed by atoms with Crippen molar-refractivity contribution in [3.63, 3.8) is 0 Å². The molecule has 0 unspecified atom stereocenters. The average molecular weight is 279 g/mol. The largest absolute Gasteiger partial charge is 0.349 e. The maximum absolute atomic E-state index is 6.15. The standard InChI is InChI=1S/C13H15BrN2/c1-16-8-11(14)10-6-9(2-3-12(10)16)7-13(15)4-5-13/h2-3,6,8H,4-5,7,15H2,1H3. The van der Waals surface area contributed by atoms with Crippen LogP contribution in [0.3, 0.4) is 0 Å². The van der Waals surface area contributed by atoms with Gasteiger partial charge in [0.1, 0.15) is 0 Å². The minimum atomic E-state index is 0.0922. The van der Waals surface area contributed by atoms with Gasteiger partial charge in [-0.05, 0) is 52.9 Å². The second-order valence-corrected chi connectivity index (χ2v) is 5.83. The Kier molecular flexibility index (Phi) is 2.17. The van der Waals surface area contributed by atoms with E-state index in [1.165, 1.54) is 29.3 Å². The molecule has 1 aromatic carbocycles. The van der Waals surface area contributed by atoms with Crippen LogP contribution in [0.25, 0.3) is 10.9 Å². The van der Waals surface area contributed by atoms with E-state index in [4.69, 9.17) is 5.73 Å². The summed E-state index contributed by atoms with van der Waals surface area (Å²) in [5.41, 5.74) is 8.85. The highest BCUT2D eigenvalue weighted by atomic mass is 79.9. The minimum absolute atomic E-state index is 0.0922. The molecule has 1 aliphatic carbocycles. The smallest absolute Gasteiger partial charge is 0.0489 e.